The lowest BCUT2D eigenvalue weighted by atomic mass is 9.93. The molecule has 22 heteroatoms. The Bertz CT molecular complexity index is 3170. The van der Waals surface area contributed by atoms with E-state index in [1.54, 1.807) is 29.5 Å². The van der Waals surface area contributed by atoms with E-state index in [4.69, 9.17) is 20.2 Å². The number of imide groups is 1. The first-order chi connectivity index (χ1) is 37.9. The Morgan fingerprint density at radius 1 is 0.899 bits per heavy atom. The number of fused-ring (bicyclic) bond motifs is 4. The van der Waals surface area contributed by atoms with Gasteiger partial charge in [0.15, 0.2) is 11.6 Å². The maximum atomic E-state index is 13.3. The Hall–Kier alpha value is -8.11. The molecule has 0 spiro atoms. The SMILES string of the molecule is C=C1CCC(N2C(=O)c3cccc(OCC(=O)NCCCCCCCCNC(=O)CCC(=O)N4CCN(CCOc5ccc6c(c5)sc5nc(-c7ccc(NC(=O)N=C(N)/C=C(\O)C(C)(C)C)cc7)cn56)CC4)c3C2=O)C(=O)N1. The third-order valence-electron chi connectivity index (χ3n) is 13.9. The molecular formula is C57H69N11O10S. The number of nitrogens with zero attached hydrogens (tertiary/aromatic N) is 6. The number of amides is 8. The molecule has 2 saturated heterocycles. The van der Waals surface area contributed by atoms with E-state index in [2.05, 4.69) is 37.7 Å². The Balaban J connectivity index is 0.638. The van der Waals surface area contributed by atoms with Gasteiger partial charge < -0.3 is 46.5 Å². The fraction of sp³-hybridized carbons (Fsp3) is 0.421. The number of imidazole rings is 1. The van der Waals surface area contributed by atoms with Crippen LogP contribution >= 0.6 is 11.3 Å². The van der Waals surface area contributed by atoms with E-state index in [9.17, 15) is 38.7 Å². The lowest BCUT2D eigenvalue weighted by Gasteiger charge is -2.34. The predicted molar refractivity (Wildman–Crippen MR) is 301 cm³/mol. The molecule has 0 aliphatic carbocycles. The highest BCUT2D eigenvalue weighted by Crippen LogP contribution is 2.35. The van der Waals surface area contributed by atoms with Crippen LogP contribution in [0.15, 0.2) is 96.0 Å². The summed E-state index contributed by atoms with van der Waals surface area (Å²) in [7, 11) is 0. The number of anilines is 1. The van der Waals surface area contributed by atoms with Crippen LogP contribution in [0.25, 0.3) is 26.4 Å². The van der Waals surface area contributed by atoms with E-state index in [1.165, 1.54) is 18.2 Å². The minimum atomic E-state index is -0.942. The van der Waals surface area contributed by atoms with Gasteiger partial charge in [-0.2, -0.15) is 4.99 Å². The largest absolute Gasteiger partial charge is 0.512 e. The minimum Gasteiger partial charge on any atom is -0.512 e. The first-order valence-corrected chi connectivity index (χ1v) is 27.6. The van der Waals surface area contributed by atoms with E-state index >= 15 is 0 Å². The highest BCUT2D eigenvalue weighted by Gasteiger charge is 2.45. The van der Waals surface area contributed by atoms with Crippen molar-refractivity contribution in [3.63, 3.8) is 0 Å². The van der Waals surface area contributed by atoms with Crippen LogP contribution in [0.5, 0.6) is 11.5 Å². The average molecular weight is 1100 g/mol. The number of rotatable bonds is 23. The van der Waals surface area contributed by atoms with Crippen molar-refractivity contribution in [3.05, 3.63) is 102 Å². The van der Waals surface area contributed by atoms with Crippen molar-refractivity contribution in [2.24, 2.45) is 16.1 Å². The van der Waals surface area contributed by atoms with Gasteiger partial charge in [0.1, 0.15) is 35.7 Å². The van der Waals surface area contributed by atoms with Gasteiger partial charge in [0.2, 0.25) is 17.7 Å². The summed E-state index contributed by atoms with van der Waals surface area (Å²) in [5, 5.41) is 21.2. The number of thiazole rings is 1. The highest BCUT2D eigenvalue weighted by atomic mass is 32.1. The van der Waals surface area contributed by atoms with E-state index in [0.29, 0.717) is 50.6 Å². The highest BCUT2D eigenvalue weighted by molar-refractivity contribution is 7.23. The number of amidine groups is 1. The van der Waals surface area contributed by atoms with Gasteiger partial charge in [0.25, 0.3) is 17.7 Å². The number of ether oxygens (including phenoxy) is 2. The zero-order valence-corrected chi connectivity index (χ0v) is 45.8. The summed E-state index contributed by atoms with van der Waals surface area (Å²) in [6.45, 7) is 13.8. The number of nitrogens with one attached hydrogen (secondary N) is 4. The summed E-state index contributed by atoms with van der Waals surface area (Å²) >= 11 is 1.56. The number of nitrogens with two attached hydrogens (primary N) is 1. The molecule has 5 aromatic rings. The fourth-order valence-corrected chi connectivity index (χ4v) is 10.4. The van der Waals surface area contributed by atoms with Crippen molar-refractivity contribution >= 4 is 79.5 Å². The molecule has 418 valence electrons. The number of hydrogen-bond acceptors (Lipinski definition) is 13. The van der Waals surface area contributed by atoms with Gasteiger partial charge in [-0.25, -0.2) is 9.78 Å². The number of aliphatic hydroxyl groups excluding tert-OH is 1. The topological polar surface area (TPSA) is 272 Å². The molecular weight excluding hydrogens is 1030 g/mol. The zero-order valence-electron chi connectivity index (χ0n) is 44.9. The van der Waals surface area contributed by atoms with Crippen molar-refractivity contribution < 1.29 is 48.1 Å². The second-order valence-corrected chi connectivity index (χ2v) is 21.8. The Morgan fingerprint density at radius 3 is 2.32 bits per heavy atom. The van der Waals surface area contributed by atoms with Gasteiger partial charge in [-0.05, 0) is 68.1 Å². The normalized spacial score (nSPS) is 16.3. The summed E-state index contributed by atoms with van der Waals surface area (Å²) in [5.74, 6) is -1.35. The quantitative estimate of drug-likeness (QED) is 0.0127. The van der Waals surface area contributed by atoms with Crippen molar-refractivity contribution in [3.8, 4) is 22.8 Å². The molecule has 3 aromatic carbocycles. The number of carbonyl (C=O) groups is 7. The molecule has 5 heterocycles. The van der Waals surface area contributed by atoms with Crippen LogP contribution in [0.3, 0.4) is 0 Å². The number of aromatic nitrogens is 2. The van der Waals surface area contributed by atoms with E-state index in [0.717, 1.165) is 95.2 Å². The molecule has 8 amide bonds. The molecule has 3 aliphatic rings. The van der Waals surface area contributed by atoms with Gasteiger partial charge in [0, 0.05) is 93.3 Å². The lowest BCUT2D eigenvalue weighted by Crippen LogP contribution is -2.51. The molecule has 21 nitrogen and oxygen atoms in total. The second-order valence-electron chi connectivity index (χ2n) is 20.8. The fourth-order valence-electron chi connectivity index (χ4n) is 9.36. The molecule has 2 fully saturated rings. The first-order valence-electron chi connectivity index (χ1n) is 26.8. The summed E-state index contributed by atoms with van der Waals surface area (Å²) in [4.78, 5) is 104. The summed E-state index contributed by atoms with van der Waals surface area (Å²) in [6.07, 6.45) is 9.75. The molecule has 8 rings (SSSR count). The Labute approximate surface area is 462 Å². The smallest absolute Gasteiger partial charge is 0.347 e. The van der Waals surface area contributed by atoms with E-state index < -0.39 is 35.2 Å². The molecule has 0 bridgehead atoms. The van der Waals surface area contributed by atoms with Crippen LogP contribution in [0.2, 0.25) is 0 Å². The van der Waals surface area contributed by atoms with Crippen LogP contribution in [-0.4, -0.2) is 142 Å². The van der Waals surface area contributed by atoms with E-state index in [1.807, 2.05) is 66.6 Å². The minimum absolute atomic E-state index is 0.0163. The summed E-state index contributed by atoms with van der Waals surface area (Å²) < 4.78 is 14.9. The maximum Gasteiger partial charge on any atom is 0.347 e. The van der Waals surface area contributed by atoms with Crippen molar-refractivity contribution in [1.82, 2.24) is 40.0 Å². The standard InChI is InChI=1S/C57H69N11O10S/c1-36-14-20-43(52(73)61-36)68-53(74)40-12-11-13-44(51(40)54(68)75)78-35-49(71)60-25-10-8-6-5-7-9-24-59-48(70)22-23-50(72)66-28-26-65(27-29-66)30-31-77-39-19-21-42-45(32-39)79-56-63-41(34-67(42)56)37-15-17-38(18-16-37)62-55(76)64-47(58)33-46(69)57(2,3)4/h11-13,15-19,21,32-34,43,69H,1,5-10,14,20,22-31,35H2,2-4H3,(H,59,70)(H,60,71)(H,61,73)(H3,58,62,64,76)/b46-33-. The van der Waals surface area contributed by atoms with Crippen molar-refractivity contribution in [2.45, 2.75) is 91.0 Å². The van der Waals surface area contributed by atoms with Gasteiger partial charge >= 0.3 is 6.03 Å². The van der Waals surface area contributed by atoms with E-state index in [-0.39, 0.29) is 72.1 Å². The van der Waals surface area contributed by atoms with Gasteiger partial charge in [-0.3, -0.25) is 43.0 Å². The van der Waals surface area contributed by atoms with Crippen LogP contribution in [0, 0.1) is 5.41 Å². The van der Waals surface area contributed by atoms with Gasteiger partial charge in [0.05, 0.1) is 27.0 Å². The molecule has 0 radical (unpaired) electrons. The number of carbonyl (C=O) groups excluding carboxylic acids is 7. The number of unbranched alkanes of at least 4 members (excludes halogenated alkanes) is 5. The number of benzene rings is 3. The Morgan fingerprint density at radius 2 is 1.61 bits per heavy atom. The van der Waals surface area contributed by atoms with Crippen molar-refractivity contribution in [1.29, 1.82) is 0 Å². The van der Waals surface area contributed by atoms with Gasteiger partial charge in [-0.15, -0.1) is 0 Å². The van der Waals surface area contributed by atoms with Crippen LogP contribution in [0.4, 0.5) is 10.5 Å². The number of hydrogen-bond donors (Lipinski definition) is 6. The third kappa shape index (κ3) is 14.9. The Kier molecular flexibility index (Phi) is 18.8. The lowest BCUT2D eigenvalue weighted by molar-refractivity contribution is -0.135. The summed E-state index contributed by atoms with van der Waals surface area (Å²) in [6, 6.07) is 16.3. The van der Waals surface area contributed by atoms with Crippen LogP contribution < -0.4 is 36.5 Å². The number of aliphatic imine (C=N–C) groups is 1. The molecule has 7 N–H and O–H groups in total. The number of allylic oxidation sites excluding steroid dienone is 2. The number of piperazine rings is 1. The molecule has 79 heavy (non-hydrogen) atoms. The number of piperidine rings is 1. The molecule has 3 aliphatic heterocycles. The maximum absolute atomic E-state index is 13.3. The third-order valence-corrected chi connectivity index (χ3v) is 14.9. The summed E-state index contributed by atoms with van der Waals surface area (Å²) in [5.41, 5.74) is 9.24. The monoisotopic (exact) mass is 1100 g/mol. The molecule has 1 atom stereocenters. The predicted octanol–water partition coefficient (Wildman–Crippen LogP) is 6.94. The zero-order chi connectivity index (χ0) is 56.2. The van der Waals surface area contributed by atoms with Crippen molar-refractivity contribution in [2.75, 3.05) is 64.3 Å². The van der Waals surface area contributed by atoms with Crippen LogP contribution in [0.1, 0.15) is 106 Å². The first kappa shape index (κ1) is 57.1. The molecule has 2 aromatic heterocycles. The number of urea groups is 1. The van der Waals surface area contributed by atoms with Gasteiger partial charge in [-0.1, -0.05) is 82.6 Å². The molecule has 0 saturated carbocycles. The molecule has 1 unspecified atom stereocenters. The second kappa shape index (κ2) is 26.0. The average Bonchev–Trinajstić information content (AvgIpc) is 4.20. The number of aliphatic hydroxyl groups is 1. The van der Waals surface area contributed by atoms with Crippen LogP contribution in [-0.2, 0) is 19.2 Å².